The normalized spacial score (nSPS) is 34.5. The van der Waals surface area contributed by atoms with Crippen LogP contribution in [-0.2, 0) is 10.8 Å². The van der Waals surface area contributed by atoms with Crippen LogP contribution < -0.4 is 5.32 Å². The van der Waals surface area contributed by atoms with Crippen molar-refractivity contribution in [1.82, 2.24) is 10.2 Å². The largest absolute Gasteiger partial charge is 0.316 e. The van der Waals surface area contributed by atoms with Crippen LogP contribution in [0.1, 0.15) is 39.5 Å². The molecule has 0 spiro atoms. The van der Waals surface area contributed by atoms with Gasteiger partial charge in [-0.3, -0.25) is 4.21 Å². The van der Waals surface area contributed by atoms with Crippen molar-refractivity contribution in [2.24, 2.45) is 11.3 Å². The summed E-state index contributed by atoms with van der Waals surface area (Å²) in [6.45, 7) is 10.1. The molecule has 1 aliphatic heterocycles. The van der Waals surface area contributed by atoms with Gasteiger partial charge in [0.1, 0.15) is 0 Å². The Morgan fingerprint density at radius 1 is 1.26 bits per heavy atom. The van der Waals surface area contributed by atoms with Crippen LogP contribution in [0.3, 0.4) is 0 Å². The smallest absolute Gasteiger partial charge is 0.0363 e. The van der Waals surface area contributed by atoms with Crippen molar-refractivity contribution in [2.45, 2.75) is 39.5 Å². The average Bonchev–Trinajstić information content (AvgIpc) is 2.43. The fourth-order valence-electron chi connectivity index (χ4n) is 3.46. The molecule has 19 heavy (non-hydrogen) atoms. The van der Waals surface area contributed by atoms with E-state index < -0.39 is 10.8 Å². The summed E-state index contributed by atoms with van der Waals surface area (Å²) in [4.78, 5) is 2.56. The summed E-state index contributed by atoms with van der Waals surface area (Å²) in [7, 11) is -0.549. The third-order valence-electron chi connectivity index (χ3n) is 4.91. The Kier molecular flexibility index (Phi) is 5.85. The molecule has 0 atom stereocenters. The summed E-state index contributed by atoms with van der Waals surface area (Å²) in [6.07, 6.45) is 5.48. The summed E-state index contributed by atoms with van der Waals surface area (Å²) in [6, 6.07) is 0. The summed E-state index contributed by atoms with van der Waals surface area (Å²) in [5.74, 6) is 2.67. The lowest BCUT2D eigenvalue weighted by Crippen LogP contribution is -2.49. The maximum absolute atomic E-state index is 11.5. The summed E-state index contributed by atoms with van der Waals surface area (Å²) in [5.41, 5.74) is 0.474. The molecular weight excluding hydrogens is 256 g/mol. The van der Waals surface area contributed by atoms with Crippen molar-refractivity contribution in [3.63, 3.8) is 0 Å². The van der Waals surface area contributed by atoms with Crippen LogP contribution in [0, 0.1) is 11.3 Å². The minimum Gasteiger partial charge on any atom is -0.316 e. The standard InChI is InChI=1S/C15H30N2OS/c1-3-16-12-15(6-4-14(2)5-7-15)13-17-8-10-19(18)11-9-17/h14,16H,3-13H2,1-2H3. The Bertz CT molecular complexity index is 285. The Morgan fingerprint density at radius 2 is 1.89 bits per heavy atom. The van der Waals surface area contributed by atoms with E-state index in [2.05, 4.69) is 24.1 Å². The third kappa shape index (κ3) is 4.54. The van der Waals surface area contributed by atoms with Gasteiger partial charge in [0.25, 0.3) is 0 Å². The van der Waals surface area contributed by atoms with E-state index in [0.29, 0.717) is 5.41 Å². The molecule has 0 aromatic heterocycles. The van der Waals surface area contributed by atoms with Gasteiger partial charge in [-0.25, -0.2) is 0 Å². The van der Waals surface area contributed by atoms with Crippen LogP contribution in [0.4, 0.5) is 0 Å². The molecule has 1 aliphatic carbocycles. The van der Waals surface area contributed by atoms with Crippen LogP contribution in [0.25, 0.3) is 0 Å². The number of hydrogen-bond acceptors (Lipinski definition) is 3. The highest BCUT2D eigenvalue weighted by Crippen LogP contribution is 2.39. The highest BCUT2D eigenvalue weighted by molar-refractivity contribution is 7.85. The lowest BCUT2D eigenvalue weighted by atomic mass is 9.70. The second kappa shape index (κ2) is 7.19. The highest BCUT2D eigenvalue weighted by Gasteiger charge is 2.35. The fraction of sp³-hybridized carbons (Fsp3) is 1.00. The molecule has 2 aliphatic rings. The SMILES string of the molecule is CCNCC1(CN2CCS(=O)CC2)CCC(C)CC1. The van der Waals surface area contributed by atoms with Crippen LogP contribution in [0.5, 0.6) is 0 Å². The lowest BCUT2D eigenvalue weighted by molar-refractivity contribution is 0.0915. The molecule has 0 unspecified atom stereocenters. The van der Waals surface area contributed by atoms with Crippen molar-refractivity contribution in [2.75, 3.05) is 44.2 Å². The van der Waals surface area contributed by atoms with Crippen LogP contribution in [-0.4, -0.2) is 53.3 Å². The van der Waals surface area contributed by atoms with Gasteiger partial charge in [0.2, 0.25) is 0 Å². The Balaban J connectivity index is 1.91. The van der Waals surface area contributed by atoms with Gasteiger partial charge in [0.05, 0.1) is 0 Å². The molecule has 1 saturated carbocycles. The zero-order valence-electron chi connectivity index (χ0n) is 12.6. The van der Waals surface area contributed by atoms with E-state index >= 15 is 0 Å². The Labute approximate surface area is 121 Å². The zero-order chi connectivity index (χ0) is 13.7. The minimum atomic E-state index is -0.549. The molecule has 0 amide bonds. The van der Waals surface area contributed by atoms with E-state index in [1.165, 1.54) is 32.2 Å². The van der Waals surface area contributed by atoms with Crippen LogP contribution in [0.2, 0.25) is 0 Å². The molecule has 2 fully saturated rings. The van der Waals surface area contributed by atoms with Gasteiger partial charge in [-0.15, -0.1) is 0 Å². The molecular formula is C15H30N2OS. The third-order valence-corrected chi connectivity index (χ3v) is 6.19. The number of nitrogens with one attached hydrogen (secondary N) is 1. The molecule has 0 radical (unpaired) electrons. The monoisotopic (exact) mass is 286 g/mol. The van der Waals surface area contributed by atoms with Crippen molar-refractivity contribution in [1.29, 1.82) is 0 Å². The molecule has 3 nitrogen and oxygen atoms in total. The summed E-state index contributed by atoms with van der Waals surface area (Å²) in [5, 5.41) is 3.59. The molecule has 1 N–H and O–H groups in total. The second-order valence-corrected chi connectivity index (χ2v) is 8.28. The van der Waals surface area contributed by atoms with Crippen molar-refractivity contribution < 1.29 is 4.21 Å². The fourth-order valence-corrected chi connectivity index (χ4v) is 4.59. The Morgan fingerprint density at radius 3 is 2.47 bits per heavy atom. The van der Waals surface area contributed by atoms with Gasteiger partial charge in [-0.1, -0.05) is 26.7 Å². The Hall–Kier alpha value is 0.0700. The number of hydrogen-bond donors (Lipinski definition) is 1. The second-order valence-electron chi connectivity index (χ2n) is 6.59. The van der Waals surface area contributed by atoms with Gasteiger partial charge in [-0.2, -0.15) is 0 Å². The molecule has 1 heterocycles. The quantitative estimate of drug-likeness (QED) is 0.837. The first-order chi connectivity index (χ1) is 9.13. The topological polar surface area (TPSA) is 32.3 Å². The number of rotatable bonds is 5. The molecule has 0 bridgehead atoms. The van der Waals surface area contributed by atoms with Gasteiger partial charge in [-0.05, 0) is 30.7 Å². The lowest BCUT2D eigenvalue weighted by Gasteiger charge is -2.43. The zero-order valence-corrected chi connectivity index (χ0v) is 13.4. The van der Waals surface area contributed by atoms with E-state index in [4.69, 9.17) is 0 Å². The van der Waals surface area contributed by atoms with E-state index in [-0.39, 0.29) is 0 Å². The van der Waals surface area contributed by atoms with Crippen molar-refractivity contribution in [3.8, 4) is 0 Å². The van der Waals surface area contributed by atoms with Crippen molar-refractivity contribution >= 4 is 10.8 Å². The first-order valence-electron chi connectivity index (χ1n) is 7.91. The van der Waals surface area contributed by atoms with E-state index in [9.17, 15) is 4.21 Å². The van der Waals surface area contributed by atoms with Gasteiger partial charge >= 0.3 is 0 Å². The molecule has 0 aromatic rings. The van der Waals surface area contributed by atoms with E-state index in [1.807, 2.05) is 0 Å². The molecule has 112 valence electrons. The van der Waals surface area contributed by atoms with Crippen LogP contribution >= 0.6 is 0 Å². The van der Waals surface area contributed by atoms with Crippen molar-refractivity contribution in [3.05, 3.63) is 0 Å². The van der Waals surface area contributed by atoms with Gasteiger partial charge in [0.15, 0.2) is 0 Å². The van der Waals surface area contributed by atoms with Gasteiger partial charge < -0.3 is 10.2 Å². The first-order valence-corrected chi connectivity index (χ1v) is 9.40. The molecule has 0 aromatic carbocycles. The maximum atomic E-state index is 11.5. The summed E-state index contributed by atoms with van der Waals surface area (Å²) < 4.78 is 11.5. The average molecular weight is 286 g/mol. The first kappa shape index (κ1) is 15.5. The minimum absolute atomic E-state index is 0.474. The highest BCUT2D eigenvalue weighted by atomic mass is 32.2. The molecule has 1 saturated heterocycles. The summed E-state index contributed by atoms with van der Waals surface area (Å²) >= 11 is 0. The van der Waals surface area contributed by atoms with Crippen LogP contribution in [0.15, 0.2) is 0 Å². The maximum Gasteiger partial charge on any atom is 0.0363 e. The molecule has 2 rings (SSSR count). The van der Waals surface area contributed by atoms with E-state index in [1.54, 1.807) is 0 Å². The molecule has 4 heteroatoms. The van der Waals surface area contributed by atoms with E-state index in [0.717, 1.165) is 43.6 Å². The predicted molar refractivity (Wildman–Crippen MR) is 82.9 cm³/mol. The number of nitrogens with zero attached hydrogens (tertiary/aromatic N) is 1. The van der Waals surface area contributed by atoms with Gasteiger partial charge in [0, 0.05) is 48.5 Å². The predicted octanol–water partition coefficient (Wildman–Crippen LogP) is 1.86.